The summed E-state index contributed by atoms with van der Waals surface area (Å²) < 4.78 is 5.74. The second-order valence-electron chi connectivity index (χ2n) is 11.4. The zero-order valence-electron chi connectivity index (χ0n) is 20.1. The van der Waals surface area contributed by atoms with Crippen molar-refractivity contribution in [2.45, 2.75) is 82.6 Å². The molecule has 2 aromatic rings. The molecule has 2 amide bonds. The van der Waals surface area contributed by atoms with Crippen LogP contribution < -0.4 is 5.48 Å². The molecule has 1 aromatic carbocycles. The Kier molecular flexibility index (Phi) is 5.87. The van der Waals surface area contributed by atoms with E-state index in [1.807, 2.05) is 17.0 Å². The fourth-order valence-electron chi connectivity index (χ4n) is 6.28. The number of hydrogen-bond donors (Lipinski definition) is 2. The van der Waals surface area contributed by atoms with Gasteiger partial charge in [-0.1, -0.05) is 55.1 Å². The first-order valence-corrected chi connectivity index (χ1v) is 13.2. The van der Waals surface area contributed by atoms with Gasteiger partial charge in [0.15, 0.2) is 0 Å². The SMILES string of the molecule is O=C(C[C@@H](CC1CCCC1)C(=O)N1CC2(CC2)C[C@H]1c1nc(-c2ccc(C3CC3)cc2)no1)NO. The molecule has 186 valence electrons. The molecule has 2 heterocycles. The summed E-state index contributed by atoms with van der Waals surface area (Å²) in [6, 6.07) is 8.13. The van der Waals surface area contributed by atoms with Crippen molar-refractivity contribution in [2.75, 3.05) is 6.54 Å². The van der Waals surface area contributed by atoms with E-state index in [1.54, 1.807) is 5.48 Å². The van der Waals surface area contributed by atoms with Gasteiger partial charge in [-0.05, 0) is 61.3 Å². The maximum atomic E-state index is 13.8. The summed E-state index contributed by atoms with van der Waals surface area (Å²) in [5.41, 5.74) is 4.14. The Balaban J connectivity index is 1.22. The quantitative estimate of drug-likeness (QED) is 0.418. The molecule has 1 saturated heterocycles. The standard InChI is InChI=1S/C27H34N4O4/c32-23(29-34)14-21(13-17-3-1-2-4-17)26(33)31-16-27(11-12-27)15-22(31)25-28-24(30-35-25)20-9-7-19(8-10-20)18-5-6-18/h7-10,17-18,21-22,34H,1-6,11-16H2,(H,29,32)/t21-,22+/m1/s1. The Hall–Kier alpha value is -2.74. The first-order valence-electron chi connectivity index (χ1n) is 13.2. The van der Waals surface area contributed by atoms with Gasteiger partial charge in [-0.3, -0.25) is 14.8 Å². The van der Waals surface area contributed by atoms with Crippen LogP contribution in [0.1, 0.15) is 94.0 Å². The van der Waals surface area contributed by atoms with Crippen molar-refractivity contribution in [3.05, 3.63) is 35.7 Å². The maximum absolute atomic E-state index is 13.8. The zero-order valence-corrected chi connectivity index (χ0v) is 20.1. The summed E-state index contributed by atoms with van der Waals surface area (Å²) in [6.07, 6.45) is 10.8. The molecular formula is C27H34N4O4. The van der Waals surface area contributed by atoms with Crippen LogP contribution >= 0.6 is 0 Å². The van der Waals surface area contributed by atoms with Gasteiger partial charge >= 0.3 is 0 Å². The van der Waals surface area contributed by atoms with E-state index in [4.69, 9.17) is 14.7 Å². The lowest BCUT2D eigenvalue weighted by molar-refractivity contribution is -0.142. The average Bonchev–Trinajstić information content (AvgIpc) is 3.68. The lowest BCUT2D eigenvalue weighted by atomic mass is 9.89. The predicted molar refractivity (Wildman–Crippen MR) is 127 cm³/mol. The van der Waals surface area contributed by atoms with Crippen LogP contribution in [0.4, 0.5) is 0 Å². The summed E-state index contributed by atoms with van der Waals surface area (Å²) in [6.45, 7) is 0.673. The van der Waals surface area contributed by atoms with Crippen molar-refractivity contribution < 1.29 is 19.3 Å². The first-order chi connectivity index (χ1) is 17.0. The fraction of sp³-hybridized carbons (Fsp3) is 0.630. The molecule has 0 bridgehead atoms. The van der Waals surface area contributed by atoms with Gasteiger partial charge in [0.05, 0.1) is 0 Å². The van der Waals surface area contributed by atoms with E-state index >= 15 is 0 Å². The predicted octanol–water partition coefficient (Wildman–Crippen LogP) is 4.76. The maximum Gasteiger partial charge on any atom is 0.249 e. The third-order valence-electron chi connectivity index (χ3n) is 8.69. The Morgan fingerprint density at radius 2 is 1.89 bits per heavy atom. The summed E-state index contributed by atoms with van der Waals surface area (Å²) in [4.78, 5) is 32.5. The van der Waals surface area contributed by atoms with Crippen molar-refractivity contribution in [1.82, 2.24) is 20.5 Å². The number of hydroxylamine groups is 1. The van der Waals surface area contributed by atoms with Crippen molar-refractivity contribution >= 4 is 11.8 Å². The van der Waals surface area contributed by atoms with Crippen LogP contribution in [0.25, 0.3) is 11.4 Å². The lowest BCUT2D eigenvalue weighted by Crippen LogP contribution is -2.39. The minimum Gasteiger partial charge on any atom is -0.337 e. The number of carbonyl (C=O) groups excluding carboxylic acids is 2. The minimum absolute atomic E-state index is 0.00444. The number of nitrogens with one attached hydrogen (secondary N) is 1. The van der Waals surface area contributed by atoms with Crippen molar-refractivity contribution in [1.29, 1.82) is 0 Å². The van der Waals surface area contributed by atoms with E-state index < -0.39 is 11.8 Å². The highest BCUT2D eigenvalue weighted by Crippen LogP contribution is 2.58. The lowest BCUT2D eigenvalue weighted by Gasteiger charge is -2.28. The van der Waals surface area contributed by atoms with Gasteiger partial charge < -0.3 is 9.42 Å². The third kappa shape index (κ3) is 4.73. The van der Waals surface area contributed by atoms with Crippen LogP contribution in [0, 0.1) is 17.3 Å². The number of rotatable bonds is 8. The molecule has 8 nitrogen and oxygen atoms in total. The van der Waals surface area contributed by atoms with Gasteiger partial charge in [-0.15, -0.1) is 0 Å². The molecular weight excluding hydrogens is 444 g/mol. The molecule has 3 saturated carbocycles. The molecule has 6 rings (SSSR count). The number of nitrogens with zero attached hydrogens (tertiary/aromatic N) is 3. The molecule has 0 radical (unpaired) electrons. The van der Waals surface area contributed by atoms with Gasteiger partial charge in [-0.2, -0.15) is 4.98 Å². The Labute approximate surface area is 205 Å². The minimum atomic E-state index is -0.507. The molecule has 8 heteroatoms. The number of amides is 2. The second-order valence-corrected chi connectivity index (χ2v) is 11.4. The molecule has 2 atom stereocenters. The topological polar surface area (TPSA) is 109 Å². The molecule has 35 heavy (non-hydrogen) atoms. The smallest absolute Gasteiger partial charge is 0.249 e. The Morgan fingerprint density at radius 3 is 2.54 bits per heavy atom. The summed E-state index contributed by atoms with van der Waals surface area (Å²) in [5, 5.41) is 13.4. The van der Waals surface area contributed by atoms with Crippen LogP contribution in [0.2, 0.25) is 0 Å². The zero-order chi connectivity index (χ0) is 24.0. The summed E-state index contributed by atoms with van der Waals surface area (Å²) in [5.74, 6) is 1.21. The van der Waals surface area contributed by atoms with Gasteiger partial charge in [-0.25, -0.2) is 5.48 Å². The second kappa shape index (κ2) is 9.04. The highest BCUT2D eigenvalue weighted by molar-refractivity contribution is 5.86. The van der Waals surface area contributed by atoms with Gasteiger partial charge in [0, 0.05) is 24.4 Å². The van der Waals surface area contributed by atoms with E-state index in [0.717, 1.165) is 37.7 Å². The highest BCUT2D eigenvalue weighted by atomic mass is 16.5. The van der Waals surface area contributed by atoms with Crippen LogP contribution in [0.15, 0.2) is 28.8 Å². The molecule has 1 spiro atoms. The fourth-order valence-corrected chi connectivity index (χ4v) is 6.28. The molecule has 1 aromatic heterocycles. The normalized spacial score (nSPS) is 24.1. The first kappa shape index (κ1) is 22.7. The Bertz CT molecular complexity index is 1080. The molecule has 4 aliphatic rings. The van der Waals surface area contributed by atoms with E-state index in [2.05, 4.69) is 17.3 Å². The van der Waals surface area contributed by atoms with Gasteiger partial charge in [0.25, 0.3) is 0 Å². The van der Waals surface area contributed by atoms with Crippen LogP contribution in [0.5, 0.6) is 0 Å². The number of benzene rings is 1. The number of carbonyl (C=O) groups is 2. The van der Waals surface area contributed by atoms with E-state index in [-0.39, 0.29) is 23.8 Å². The third-order valence-corrected chi connectivity index (χ3v) is 8.69. The van der Waals surface area contributed by atoms with Crippen molar-refractivity contribution in [3.63, 3.8) is 0 Å². The summed E-state index contributed by atoms with van der Waals surface area (Å²) in [7, 11) is 0. The van der Waals surface area contributed by atoms with E-state index in [1.165, 1.54) is 31.2 Å². The van der Waals surface area contributed by atoms with Crippen LogP contribution in [0.3, 0.4) is 0 Å². The molecule has 3 aliphatic carbocycles. The monoisotopic (exact) mass is 478 g/mol. The van der Waals surface area contributed by atoms with E-state index in [0.29, 0.717) is 36.5 Å². The van der Waals surface area contributed by atoms with Crippen LogP contribution in [-0.2, 0) is 9.59 Å². The summed E-state index contributed by atoms with van der Waals surface area (Å²) >= 11 is 0. The average molecular weight is 479 g/mol. The van der Waals surface area contributed by atoms with E-state index in [9.17, 15) is 9.59 Å². The Morgan fingerprint density at radius 1 is 1.14 bits per heavy atom. The molecule has 4 fully saturated rings. The molecule has 1 aliphatic heterocycles. The molecule has 2 N–H and O–H groups in total. The van der Waals surface area contributed by atoms with Gasteiger partial charge in [0.1, 0.15) is 6.04 Å². The van der Waals surface area contributed by atoms with Crippen LogP contribution in [-0.4, -0.2) is 38.6 Å². The number of hydrogen-bond acceptors (Lipinski definition) is 6. The highest BCUT2D eigenvalue weighted by Gasteiger charge is 2.55. The number of aromatic nitrogens is 2. The number of likely N-dealkylation sites (tertiary alicyclic amines) is 1. The van der Waals surface area contributed by atoms with Crippen molar-refractivity contribution in [2.24, 2.45) is 17.3 Å². The van der Waals surface area contributed by atoms with Gasteiger partial charge in [0.2, 0.25) is 23.5 Å². The largest absolute Gasteiger partial charge is 0.337 e. The van der Waals surface area contributed by atoms with Crippen molar-refractivity contribution in [3.8, 4) is 11.4 Å². The molecule has 0 unspecified atom stereocenters.